The van der Waals surface area contributed by atoms with Gasteiger partial charge in [0.15, 0.2) is 5.52 Å². The Bertz CT molecular complexity index is 654. The number of aryl methyl sites for hydroxylation is 3. The summed E-state index contributed by atoms with van der Waals surface area (Å²) in [5.74, 6) is 0.864. The molecule has 0 aliphatic rings. The number of carbonyl (C=O) groups is 1. The van der Waals surface area contributed by atoms with Gasteiger partial charge in [0.05, 0.1) is 6.61 Å². The van der Waals surface area contributed by atoms with E-state index in [-0.39, 0.29) is 34.4 Å². The van der Waals surface area contributed by atoms with Crippen molar-refractivity contribution in [3.05, 3.63) is 58.7 Å². The minimum atomic E-state index is 0. The van der Waals surface area contributed by atoms with Crippen molar-refractivity contribution in [3.63, 3.8) is 0 Å². The first-order valence-electron chi connectivity index (χ1n) is 7.14. The second-order valence-corrected chi connectivity index (χ2v) is 6.37. The van der Waals surface area contributed by atoms with Crippen molar-refractivity contribution in [1.29, 1.82) is 0 Å². The summed E-state index contributed by atoms with van der Waals surface area (Å²) in [6.45, 7) is 8.65. The Kier molecular flexibility index (Phi) is 7.37. The van der Waals surface area contributed by atoms with Crippen molar-refractivity contribution in [2.45, 2.75) is 27.7 Å². The van der Waals surface area contributed by atoms with Crippen LogP contribution in [0, 0.1) is 20.8 Å². The molecule has 1 atom stereocenters. The Hall–Kier alpha value is -1.06. The van der Waals surface area contributed by atoms with E-state index in [0.29, 0.717) is 6.61 Å². The van der Waals surface area contributed by atoms with Crippen LogP contribution in [0.3, 0.4) is 0 Å². The fraction of sp³-hybridized carbons (Fsp3) is 0.278. The first-order chi connectivity index (χ1) is 10.0. The average molecular weight is 308 g/mol. The summed E-state index contributed by atoms with van der Waals surface area (Å²) in [7, 11) is 0.151. The monoisotopic (exact) mass is 308 g/mol. The van der Waals surface area contributed by atoms with Gasteiger partial charge in [-0.05, 0) is 70.4 Å². The quantitative estimate of drug-likeness (QED) is 0.614. The molecule has 0 saturated heterocycles. The summed E-state index contributed by atoms with van der Waals surface area (Å²) in [4.78, 5) is 12.6. The molecule has 1 unspecified atom stereocenters. The zero-order valence-corrected chi connectivity index (χ0v) is 15.0. The molecule has 2 rings (SSSR count). The Balaban J connectivity index is 0.00000242. The molecule has 0 saturated carbocycles. The zero-order valence-electron chi connectivity index (χ0n) is 15.0. The van der Waals surface area contributed by atoms with E-state index in [1.54, 1.807) is 0 Å². The van der Waals surface area contributed by atoms with Crippen LogP contribution in [0.25, 0.3) is 0 Å². The van der Waals surface area contributed by atoms with Gasteiger partial charge >= 0.3 is 18.9 Å². The van der Waals surface area contributed by atoms with Crippen LogP contribution in [0.2, 0.25) is 0 Å². The number of benzene rings is 2. The van der Waals surface area contributed by atoms with Crippen LogP contribution in [0.15, 0.2) is 36.4 Å². The summed E-state index contributed by atoms with van der Waals surface area (Å²) in [5, 5.41) is 1.09. The van der Waals surface area contributed by atoms with Crippen LogP contribution in [-0.4, -0.2) is 12.1 Å². The Morgan fingerprint density at radius 2 is 1.73 bits per heavy atom. The number of hydrogen-bond donors (Lipinski definition) is 0. The Labute approximate surface area is 148 Å². The molecule has 2 aromatic rings. The Morgan fingerprint density at radius 1 is 1.09 bits per heavy atom. The predicted molar refractivity (Wildman–Crippen MR) is 91.7 cm³/mol. The molecular formula is C18H22LiO2P. The summed E-state index contributed by atoms with van der Waals surface area (Å²) in [6, 6.07) is 11.9. The molecule has 2 aromatic carbocycles. The van der Waals surface area contributed by atoms with Gasteiger partial charge in [0.25, 0.3) is 0 Å². The van der Waals surface area contributed by atoms with Gasteiger partial charge < -0.3 is 6.16 Å². The maximum atomic E-state index is 12.6. The third-order valence-electron chi connectivity index (χ3n) is 3.47. The van der Waals surface area contributed by atoms with Gasteiger partial charge in [0.1, 0.15) is 5.75 Å². The molecule has 0 N–H and O–H groups in total. The predicted octanol–water partition coefficient (Wildman–Crippen LogP) is 1.27. The smallest absolute Gasteiger partial charge is 1.00 e. The summed E-state index contributed by atoms with van der Waals surface area (Å²) < 4.78 is 5.49. The first-order valence-corrected chi connectivity index (χ1v) is 8.14. The molecular weight excluding hydrogens is 286 g/mol. The standard InChI is InChI=1S/C18H21O2P.Li.H/c1-5-20-15-9-10-16(14(4)11-15)21-18(19)17-12(2)7-6-8-13(17)3;;/h6-11,21H,5H2,1-4H3;;/q;+1;-1. The molecule has 0 aromatic heterocycles. The average Bonchev–Trinajstić information content (AvgIpc) is 2.42. The summed E-state index contributed by atoms with van der Waals surface area (Å²) >= 11 is 0. The molecule has 22 heavy (non-hydrogen) atoms. The van der Waals surface area contributed by atoms with Gasteiger partial charge in [0, 0.05) is 5.56 Å². The maximum absolute atomic E-state index is 12.6. The van der Waals surface area contributed by atoms with E-state index in [1.807, 2.05) is 64.1 Å². The molecule has 0 fully saturated rings. The van der Waals surface area contributed by atoms with E-state index < -0.39 is 0 Å². The van der Waals surface area contributed by atoms with E-state index in [0.717, 1.165) is 33.3 Å². The van der Waals surface area contributed by atoms with E-state index >= 15 is 0 Å². The second kappa shape index (κ2) is 8.54. The largest absolute Gasteiger partial charge is 1.00 e. The van der Waals surface area contributed by atoms with E-state index in [1.165, 1.54) is 0 Å². The summed E-state index contributed by atoms with van der Waals surface area (Å²) in [6.07, 6.45) is 0. The van der Waals surface area contributed by atoms with Gasteiger partial charge in [-0.2, -0.15) is 0 Å². The van der Waals surface area contributed by atoms with E-state index in [2.05, 4.69) is 0 Å². The van der Waals surface area contributed by atoms with Crippen LogP contribution >= 0.6 is 8.58 Å². The number of hydrogen-bond acceptors (Lipinski definition) is 2. The SMILES string of the molecule is CCOc1ccc(PC(=O)c2c(C)cccc2C)c(C)c1.[H-].[Li+]. The van der Waals surface area contributed by atoms with Crippen molar-refractivity contribution in [1.82, 2.24) is 0 Å². The van der Waals surface area contributed by atoms with Crippen LogP contribution < -0.4 is 28.9 Å². The van der Waals surface area contributed by atoms with Crippen LogP contribution in [0.1, 0.15) is 35.4 Å². The van der Waals surface area contributed by atoms with Crippen LogP contribution in [-0.2, 0) is 0 Å². The third kappa shape index (κ3) is 4.47. The molecule has 0 bridgehead atoms. The number of ether oxygens (including phenoxy) is 1. The molecule has 0 heterocycles. The van der Waals surface area contributed by atoms with Crippen LogP contribution in [0.5, 0.6) is 5.75 Å². The van der Waals surface area contributed by atoms with Crippen molar-refractivity contribution in [2.24, 2.45) is 0 Å². The van der Waals surface area contributed by atoms with Crippen molar-refractivity contribution < 1.29 is 29.8 Å². The second-order valence-electron chi connectivity index (χ2n) is 5.13. The minimum absolute atomic E-state index is 0. The number of carbonyl (C=O) groups excluding carboxylic acids is 1. The topological polar surface area (TPSA) is 26.3 Å². The third-order valence-corrected chi connectivity index (χ3v) is 4.77. The molecule has 4 heteroatoms. The molecule has 0 amide bonds. The van der Waals surface area contributed by atoms with Gasteiger partial charge in [-0.3, -0.25) is 4.79 Å². The van der Waals surface area contributed by atoms with Crippen molar-refractivity contribution >= 4 is 19.4 Å². The molecule has 0 radical (unpaired) electrons. The van der Waals surface area contributed by atoms with Gasteiger partial charge in [-0.15, -0.1) is 0 Å². The molecule has 112 valence electrons. The van der Waals surface area contributed by atoms with Crippen molar-refractivity contribution in [3.8, 4) is 5.75 Å². The fourth-order valence-corrected chi connectivity index (χ4v) is 3.59. The van der Waals surface area contributed by atoms with Gasteiger partial charge in [-0.1, -0.05) is 24.3 Å². The number of rotatable bonds is 5. The fourth-order valence-electron chi connectivity index (χ4n) is 2.39. The van der Waals surface area contributed by atoms with Gasteiger partial charge in [0.2, 0.25) is 0 Å². The van der Waals surface area contributed by atoms with Crippen LogP contribution in [0.4, 0.5) is 0 Å². The van der Waals surface area contributed by atoms with Crippen molar-refractivity contribution in [2.75, 3.05) is 6.61 Å². The molecule has 0 aliphatic carbocycles. The maximum Gasteiger partial charge on any atom is 1.00 e. The minimum Gasteiger partial charge on any atom is -1.00 e. The van der Waals surface area contributed by atoms with E-state index in [4.69, 9.17) is 4.74 Å². The molecule has 0 spiro atoms. The normalized spacial score (nSPS) is 10.5. The zero-order chi connectivity index (χ0) is 15.4. The van der Waals surface area contributed by atoms with E-state index in [9.17, 15) is 4.79 Å². The summed E-state index contributed by atoms with van der Waals surface area (Å²) in [5.41, 5.74) is 4.29. The van der Waals surface area contributed by atoms with Gasteiger partial charge in [-0.25, -0.2) is 0 Å². The molecule has 0 aliphatic heterocycles. The first kappa shape index (κ1) is 19.0. The molecule has 2 nitrogen and oxygen atoms in total. The Morgan fingerprint density at radius 3 is 2.27 bits per heavy atom.